The molecular formula is C12H16ClN3. The molecule has 0 aliphatic heterocycles. The molecule has 0 saturated heterocycles. The maximum absolute atomic E-state index is 8.63. The van der Waals surface area contributed by atoms with E-state index >= 15 is 0 Å². The van der Waals surface area contributed by atoms with Crippen molar-refractivity contribution in [2.45, 2.75) is 26.3 Å². The summed E-state index contributed by atoms with van der Waals surface area (Å²) < 4.78 is 0. The minimum absolute atomic E-state index is 0.300. The van der Waals surface area contributed by atoms with Crippen LogP contribution >= 0.6 is 11.6 Å². The highest BCUT2D eigenvalue weighted by Crippen LogP contribution is 2.29. The van der Waals surface area contributed by atoms with Crippen molar-refractivity contribution in [2.24, 2.45) is 0 Å². The summed E-state index contributed by atoms with van der Waals surface area (Å²) in [6, 6.07) is 7.90. The lowest BCUT2D eigenvalue weighted by atomic mass is 10.2. The molecule has 4 heteroatoms. The molecule has 1 aromatic carbocycles. The van der Waals surface area contributed by atoms with Crippen LogP contribution in [0.4, 0.5) is 11.4 Å². The molecule has 0 aromatic heterocycles. The first-order chi connectivity index (χ1) is 7.56. The van der Waals surface area contributed by atoms with Gasteiger partial charge in [-0.15, -0.1) is 0 Å². The lowest BCUT2D eigenvalue weighted by molar-refractivity contribution is 0.687. The third-order valence-electron chi connectivity index (χ3n) is 2.37. The Morgan fingerprint density at radius 3 is 2.69 bits per heavy atom. The van der Waals surface area contributed by atoms with E-state index in [2.05, 4.69) is 24.8 Å². The van der Waals surface area contributed by atoms with Gasteiger partial charge in [0.2, 0.25) is 0 Å². The second-order valence-corrected chi connectivity index (χ2v) is 4.31. The number of nitrogen functional groups attached to an aromatic ring is 1. The van der Waals surface area contributed by atoms with Gasteiger partial charge in [0.25, 0.3) is 0 Å². The number of nitriles is 1. The Balaban J connectivity index is 2.97. The van der Waals surface area contributed by atoms with Crippen LogP contribution in [0.15, 0.2) is 18.2 Å². The van der Waals surface area contributed by atoms with Crippen LogP contribution in [0.3, 0.4) is 0 Å². The van der Waals surface area contributed by atoms with Gasteiger partial charge in [-0.25, -0.2) is 0 Å². The molecule has 0 fully saturated rings. The van der Waals surface area contributed by atoms with Gasteiger partial charge < -0.3 is 10.6 Å². The first kappa shape index (κ1) is 12.7. The van der Waals surface area contributed by atoms with E-state index in [1.807, 2.05) is 12.1 Å². The molecule has 0 atom stereocenters. The van der Waals surface area contributed by atoms with Gasteiger partial charge in [-0.2, -0.15) is 5.26 Å². The van der Waals surface area contributed by atoms with E-state index in [1.165, 1.54) is 0 Å². The highest BCUT2D eigenvalue weighted by atomic mass is 35.5. The van der Waals surface area contributed by atoms with E-state index in [0.29, 0.717) is 29.7 Å². The fourth-order valence-corrected chi connectivity index (χ4v) is 1.88. The smallest absolute Gasteiger partial charge is 0.0660 e. The fraction of sp³-hybridized carbons (Fsp3) is 0.417. The van der Waals surface area contributed by atoms with Crippen LogP contribution in [0.25, 0.3) is 0 Å². The summed E-state index contributed by atoms with van der Waals surface area (Å²) in [6.07, 6.45) is 0.485. The van der Waals surface area contributed by atoms with Crippen LogP contribution < -0.4 is 10.6 Å². The number of rotatable bonds is 4. The van der Waals surface area contributed by atoms with Gasteiger partial charge in [0.1, 0.15) is 0 Å². The quantitative estimate of drug-likeness (QED) is 0.819. The van der Waals surface area contributed by atoms with E-state index in [0.717, 1.165) is 5.69 Å². The maximum atomic E-state index is 8.63. The Bertz CT molecular complexity index is 396. The Hall–Kier alpha value is -1.40. The van der Waals surface area contributed by atoms with E-state index in [4.69, 9.17) is 22.6 Å². The molecule has 0 aliphatic rings. The van der Waals surface area contributed by atoms with E-state index in [9.17, 15) is 0 Å². The summed E-state index contributed by atoms with van der Waals surface area (Å²) in [5, 5.41) is 9.26. The molecule has 0 aliphatic carbocycles. The standard InChI is InChI=1S/C12H16ClN3/c1-9(2)16(7-3-6-14)12-5-4-10(15)8-11(12)13/h4-5,8-9H,3,7,15H2,1-2H3. The SMILES string of the molecule is CC(C)N(CCC#N)c1ccc(N)cc1Cl. The van der Waals surface area contributed by atoms with Crippen molar-refractivity contribution in [3.8, 4) is 6.07 Å². The predicted molar refractivity (Wildman–Crippen MR) is 68.6 cm³/mol. The molecule has 16 heavy (non-hydrogen) atoms. The molecule has 1 rings (SSSR count). The third kappa shape index (κ3) is 3.04. The molecule has 0 radical (unpaired) electrons. The largest absolute Gasteiger partial charge is 0.399 e. The third-order valence-corrected chi connectivity index (χ3v) is 2.67. The summed E-state index contributed by atoms with van der Waals surface area (Å²) in [6.45, 7) is 4.83. The van der Waals surface area contributed by atoms with Gasteiger partial charge >= 0.3 is 0 Å². The van der Waals surface area contributed by atoms with E-state index in [1.54, 1.807) is 6.07 Å². The molecule has 3 nitrogen and oxygen atoms in total. The minimum atomic E-state index is 0.300. The highest BCUT2D eigenvalue weighted by Gasteiger charge is 2.13. The zero-order chi connectivity index (χ0) is 12.1. The number of halogens is 1. The average Bonchev–Trinajstić information content (AvgIpc) is 2.20. The van der Waals surface area contributed by atoms with Crippen molar-refractivity contribution < 1.29 is 0 Å². The summed E-state index contributed by atoms with van der Waals surface area (Å²) in [7, 11) is 0. The average molecular weight is 238 g/mol. The second-order valence-electron chi connectivity index (χ2n) is 3.91. The summed E-state index contributed by atoms with van der Waals surface area (Å²) in [5.41, 5.74) is 7.23. The summed E-state index contributed by atoms with van der Waals surface area (Å²) in [4.78, 5) is 2.10. The zero-order valence-corrected chi connectivity index (χ0v) is 10.3. The second kappa shape index (κ2) is 5.62. The van der Waals surface area contributed by atoms with Gasteiger partial charge in [-0.3, -0.25) is 0 Å². The molecule has 0 bridgehead atoms. The van der Waals surface area contributed by atoms with E-state index in [-0.39, 0.29) is 0 Å². The Morgan fingerprint density at radius 2 is 2.19 bits per heavy atom. The molecule has 0 unspecified atom stereocenters. The van der Waals surface area contributed by atoms with Crippen LogP contribution in [0, 0.1) is 11.3 Å². The zero-order valence-electron chi connectivity index (χ0n) is 9.57. The first-order valence-electron chi connectivity index (χ1n) is 5.25. The van der Waals surface area contributed by atoms with E-state index < -0.39 is 0 Å². The molecule has 1 aromatic rings. The lowest BCUT2D eigenvalue weighted by Crippen LogP contribution is -2.31. The number of nitrogens with two attached hydrogens (primary N) is 1. The minimum Gasteiger partial charge on any atom is -0.399 e. The molecular weight excluding hydrogens is 222 g/mol. The van der Waals surface area contributed by atoms with Crippen LogP contribution in [0.1, 0.15) is 20.3 Å². The molecule has 0 spiro atoms. The van der Waals surface area contributed by atoms with Gasteiger partial charge in [0, 0.05) is 18.3 Å². The van der Waals surface area contributed by atoms with Crippen LogP contribution in [0.2, 0.25) is 5.02 Å². The van der Waals surface area contributed by atoms with Crippen molar-refractivity contribution in [3.05, 3.63) is 23.2 Å². The maximum Gasteiger partial charge on any atom is 0.0660 e. The number of benzene rings is 1. The summed E-state index contributed by atoms with van der Waals surface area (Å²) in [5.74, 6) is 0. The van der Waals surface area contributed by atoms with Crippen molar-refractivity contribution in [1.29, 1.82) is 5.26 Å². The van der Waals surface area contributed by atoms with Crippen LogP contribution in [0.5, 0.6) is 0 Å². The normalized spacial score (nSPS) is 10.2. The molecule has 0 saturated carbocycles. The highest BCUT2D eigenvalue weighted by molar-refractivity contribution is 6.33. The summed E-state index contributed by atoms with van der Waals surface area (Å²) >= 11 is 6.14. The van der Waals surface area contributed by atoms with Crippen molar-refractivity contribution in [2.75, 3.05) is 17.2 Å². The predicted octanol–water partition coefficient (Wildman–Crippen LogP) is 3.05. The Morgan fingerprint density at radius 1 is 1.50 bits per heavy atom. The topological polar surface area (TPSA) is 53.0 Å². The lowest BCUT2D eigenvalue weighted by Gasteiger charge is -2.29. The first-order valence-corrected chi connectivity index (χ1v) is 5.62. The van der Waals surface area contributed by atoms with Crippen molar-refractivity contribution in [3.63, 3.8) is 0 Å². The molecule has 2 N–H and O–H groups in total. The van der Waals surface area contributed by atoms with Crippen LogP contribution in [-0.4, -0.2) is 12.6 Å². The monoisotopic (exact) mass is 237 g/mol. The van der Waals surface area contributed by atoms with Gasteiger partial charge in [0.05, 0.1) is 23.2 Å². The van der Waals surface area contributed by atoms with Gasteiger partial charge in [-0.05, 0) is 32.0 Å². The molecule has 0 amide bonds. The number of nitrogens with zero attached hydrogens (tertiary/aromatic N) is 2. The molecule has 86 valence electrons. The fourth-order valence-electron chi connectivity index (χ4n) is 1.58. The Kier molecular flexibility index (Phi) is 4.45. The molecule has 0 heterocycles. The number of hydrogen-bond donors (Lipinski definition) is 1. The van der Waals surface area contributed by atoms with Crippen molar-refractivity contribution >= 4 is 23.0 Å². The number of anilines is 2. The number of hydrogen-bond acceptors (Lipinski definition) is 3. The van der Waals surface area contributed by atoms with Gasteiger partial charge in [-0.1, -0.05) is 11.6 Å². The van der Waals surface area contributed by atoms with Crippen LogP contribution in [-0.2, 0) is 0 Å². The van der Waals surface area contributed by atoms with Crippen molar-refractivity contribution in [1.82, 2.24) is 0 Å². The Labute approximate surface area is 101 Å². The van der Waals surface area contributed by atoms with Gasteiger partial charge in [0.15, 0.2) is 0 Å².